The van der Waals surface area contributed by atoms with Crippen molar-refractivity contribution in [1.82, 2.24) is 5.32 Å². The van der Waals surface area contributed by atoms with Crippen molar-refractivity contribution < 1.29 is 9.47 Å². The van der Waals surface area contributed by atoms with Crippen LogP contribution in [0.25, 0.3) is 0 Å². The maximum Gasteiger partial charge on any atom is 0.160 e. The highest BCUT2D eigenvalue weighted by Gasteiger charge is 2.03. The van der Waals surface area contributed by atoms with Gasteiger partial charge in [-0.25, -0.2) is 0 Å². The third-order valence-electron chi connectivity index (χ3n) is 2.67. The molecule has 102 valence electrons. The fourth-order valence-corrected chi connectivity index (χ4v) is 2.26. The number of ether oxygens (including phenoxy) is 2. The van der Waals surface area contributed by atoms with E-state index in [0.29, 0.717) is 0 Å². The van der Waals surface area contributed by atoms with Gasteiger partial charge in [0.25, 0.3) is 0 Å². The molecule has 18 heavy (non-hydrogen) atoms. The highest BCUT2D eigenvalue weighted by molar-refractivity contribution is 7.99. The van der Waals surface area contributed by atoms with E-state index in [0.717, 1.165) is 31.0 Å². The molecule has 0 aliphatic heterocycles. The molecule has 0 fully saturated rings. The molecule has 0 heterocycles. The molecule has 0 aromatic heterocycles. The number of hydrogen-bond donors (Lipinski definition) is 1. The van der Waals surface area contributed by atoms with Gasteiger partial charge in [0.2, 0.25) is 0 Å². The molecular formula is C14H23NO2S. The summed E-state index contributed by atoms with van der Waals surface area (Å²) >= 11 is 1.97. The normalized spacial score (nSPS) is 10.4. The summed E-state index contributed by atoms with van der Waals surface area (Å²) in [6.45, 7) is 4.26. The second-order valence-electron chi connectivity index (χ2n) is 3.89. The van der Waals surface area contributed by atoms with Crippen molar-refractivity contribution in [1.29, 1.82) is 0 Å². The second-order valence-corrected chi connectivity index (χ2v) is 5.28. The highest BCUT2D eigenvalue weighted by atomic mass is 32.2. The number of hydrogen-bond acceptors (Lipinski definition) is 4. The van der Waals surface area contributed by atoms with Gasteiger partial charge in [0.05, 0.1) is 14.2 Å². The van der Waals surface area contributed by atoms with Crippen LogP contribution in [0.2, 0.25) is 0 Å². The minimum Gasteiger partial charge on any atom is -0.493 e. The van der Waals surface area contributed by atoms with E-state index in [1.165, 1.54) is 17.1 Å². The van der Waals surface area contributed by atoms with Crippen LogP contribution in [0.3, 0.4) is 0 Å². The van der Waals surface area contributed by atoms with E-state index in [2.05, 4.69) is 18.3 Å². The molecule has 0 aliphatic carbocycles. The smallest absolute Gasteiger partial charge is 0.160 e. The Morgan fingerprint density at radius 3 is 2.56 bits per heavy atom. The molecule has 0 spiro atoms. The van der Waals surface area contributed by atoms with E-state index in [1.54, 1.807) is 14.2 Å². The molecule has 0 amide bonds. The minimum absolute atomic E-state index is 0.786. The van der Waals surface area contributed by atoms with Gasteiger partial charge in [0.1, 0.15) is 0 Å². The van der Waals surface area contributed by atoms with Crippen molar-refractivity contribution in [3.8, 4) is 11.5 Å². The van der Waals surface area contributed by atoms with Crippen molar-refractivity contribution >= 4 is 11.8 Å². The Morgan fingerprint density at radius 2 is 1.89 bits per heavy atom. The third kappa shape index (κ3) is 5.19. The standard InChI is InChI=1S/C14H23NO2S/c1-4-18-10-9-15-8-7-12-5-6-13(16-2)14(11-12)17-3/h5-6,11,15H,4,7-10H2,1-3H3. The Bertz CT molecular complexity index is 345. The van der Waals surface area contributed by atoms with Gasteiger partial charge in [-0.1, -0.05) is 13.0 Å². The molecule has 1 N–H and O–H groups in total. The monoisotopic (exact) mass is 269 g/mol. The lowest BCUT2D eigenvalue weighted by Gasteiger charge is -2.10. The van der Waals surface area contributed by atoms with Crippen molar-refractivity contribution in [2.45, 2.75) is 13.3 Å². The molecule has 3 nitrogen and oxygen atoms in total. The Labute approximate surface area is 114 Å². The number of nitrogens with one attached hydrogen (secondary N) is 1. The van der Waals surface area contributed by atoms with Crippen LogP contribution in [-0.4, -0.2) is 38.8 Å². The van der Waals surface area contributed by atoms with Gasteiger partial charge >= 0.3 is 0 Å². The molecule has 0 saturated carbocycles. The molecule has 0 bridgehead atoms. The summed E-state index contributed by atoms with van der Waals surface area (Å²) in [4.78, 5) is 0. The lowest BCUT2D eigenvalue weighted by Crippen LogP contribution is -2.20. The average Bonchev–Trinajstić information content (AvgIpc) is 2.42. The van der Waals surface area contributed by atoms with Gasteiger partial charge in [0, 0.05) is 12.3 Å². The summed E-state index contributed by atoms with van der Waals surface area (Å²) in [5.41, 5.74) is 1.27. The minimum atomic E-state index is 0.786. The molecule has 0 unspecified atom stereocenters. The predicted molar refractivity (Wildman–Crippen MR) is 79.1 cm³/mol. The maximum absolute atomic E-state index is 5.29. The summed E-state index contributed by atoms with van der Waals surface area (Å²) in [5.74, 6) is 3.96. The number of benzene rings is 1. The Hall–Kier alpha value is -0.870. The number of thioether (sulfide) groups is 1. The lowest BCUT2D eigenvalue weighted by molar-refractivity contribution is 0.354. The first-order chi connectivity index (χ1) is 8.81. The van der Waals surface area contributed by atoms with Crippen LogP contribution in [0, 0.1) is 0 Å². The molecule has 4 heteroatoms. The van der Waals surface area contributed by atoms with E-state index in [9.17, 15) is 0 Å². The maximum atomic E-state index is 5.29. The van der Waals surface area contributed by atoms with E-state index < -0.39 is 0 Å². The van der Waals surface area contributed by atoms with Crippen LogP contribution in [0.1, 0.15) is 12.5 Å². The zero-order chi connectivity index (χ0) is 13.2. The van der Waals surface area contributed by atoms with Crippen molar-refractivity contribution in [2.75, 3.05) is 38.8 Å². The first-order valence-corrected chi connectivity index (χ1v) is 7.46. The molecular weight excluding hydrogens is 246 g/mol. The van der Waals surface area contributed by atoms with Gasteiger partial charge in [-0.05, 0) is 36.4 Å². The first kappa shape index (κ1) is 15.2. The molecule has 0 saturated heterocycles. The largest absolute Gasteiger partial charge is 0.493 e. The average molecular weight is 269 g/mol. The fraction of sp³-hybridized carbons (Fsp3) is 0.571. The van der Waals surface area contributed by atoms with Crippen LogP contribution >= 0.6 is 11.8 Å². The molecule has 0 aliphatic rings. The summed E-state index contributed by atoms with van der Waals surface area (Å²) < 4.78 is 10.5. The zero-order valence-corrected chi connectivity index (χ0v) is 12.3. The summed E-state index contributed by atoms with van der Waals surface area (Å²) in [6.07, 6.45) is 1.01. The van der Waals surface area contributed by atoms with Gasteiger partial charge in [-0.2, -0.15) is 11.8 Å². The summed E-state index contributed by atoms with van der Waals surface area (Å²) in [7, 11) is 3.33. The predicted octanol–water partition coefficient (Wildman–Crippen LogP) is 2.59. The number of rotatable bonds is 9. The SMILES string of the molecule is CCSCCNCCc1ccc(OC)c(OC)c1. The van der Waals surface area contributed by atoms with Crippen molar-refractivity contribution in [2.24, 2.45) is 0 Å². The molecule has 1 aromatic rings. The van der Waals surface area contributed by atoms with Crippen molar-refractivity contribution in [3.05, 3.63) is 23.8 Å². The van der Waals surface area contributed by atoms with Gasteiger partial charge in [0.15, 0.2) is 11.5 Å². The zero-order valence-electron chi connectivity index (χ0n) is 11.5. The Kier molecular flexibility index (Phi) is 7.69. The van der Waals surface area contributed by atoms with Gasteiger partial charge < -0.3 is 14.8 Å². The van der Waals surface area contributed by atoms with Crippen molar-refractivity contribution in [3.63, 3.8) is 0 Å². The van der Waals surface area contributed by atoms with Gasteiger partial charge in [-0.3, -0.25) is 0 Å². The van der Waals surface area contributed by atoms with Crippen LogP contribution in [0.5, 0.6) is 11.5 Å². The lowest BCUT2D eigenvalue weighted by atomic mass is 10.1. The third-order valence-corrected chi connectivity index (χ3v) is 3.57. The second kappa shape index (κ2) is 9.11. The molecule has 0 radical (unpaired) electrons. The summed E-state index contributed by atoms with van der Waals surface area (Å²) in [5, 5.41) is 3.44. The van der Waals surface area contributed by atoms with Gasteiger partial charge in [-0.15, -0.1) is 0 Å². The van der Waals surface area contributed by atoms with E-state index in [-0.39, 0.29) is 0 Å². The van der Waals surface area contributed by atoms with E-state index in [4.69, 9.17) is 9.47 Å². The van der Waals surface area contributed by atoms with Crippen LogP contribution in [0.4, 0.5) is 0 Å². The number of methoxy groups -OCH3 is 2. The van der Waals surface area contributed by atoms with E-state index >= 15 is 0 Å². The van der Waals surface area contributed by atoms with Crippen LogP contribution < -0.4 is 14.8 Å². The quantitative estimate of drug-likeness (QED) is 0.698. The highest BCUT2D eigenvalue weighted by Crippen LogP contribution is 2.27. The Morgan fingerprint density at radius 1 is 1.11 bits per heavy atom. The summed E-state index contributed by atoms with van der Waals surface area (Å²) in [6, 6.07) is 6.09. The Balaban J connectivity index is 2.34. The molecule has 0 atom stereocenters. The fourth-order valence-electron chi connectivity index (χ4n) is 1.68. The topological polar surface area (TPSA) is 30.5 Å². The molecule has 1 rings (SSSR count). The van der Waals surface area contributed by atoms with Crippen LogP contribution in [-0.2, 0) is 6.42 Å². The molecule has 1 aromatic carbocycles. The first-order valence-electron chi connectivity index (χ1n) is 6.31. The van der Waals surface area contributed by atoms with E-state index in [1.807, 2.05) is 23.9 Å². The van der Waals surface area contributed by atoms with Crippen LogP contribution in [0.15, 0.2) is 18.2 Å².